The van der Waals surface area contributed by atoms with E-state index in [0.29, 0.717) is 6.61 Å². The minimum Gasteiger partial charge on any atom is -0.492 e. The second-order valence-electron chi connectivity index (χ2n) is 6.35. The van der Waals surface area contributed by atoms with Crippen LogP contribution < -0.4 is 15.4 Å². The van der Waals surface area contributed by atoms with Crippen LogP contribution in [0.1, 0.15) is 26.2 Å². The number of nitrogens with one attached hydrogen (secondary N) is 2. The van der Waals surface area contributed by atoms with Crippen molar-refractivity contribution in [1.82, 2.24) is 10.2 Å². The summed E-state index contributed by atoms with van der Waals surface area (Å²) >= 11 is 0. The number of hydrogen-bond acceptors (Lipinski definition) is 4. The molecule has 1 fully saturated rings. The van der Waals surface area contributed by atoms with Crippen LogP contribution in [-0.4, -0.2) is 50.1 Å². The minimum atomic E-state index is -0.472. The number of carbonyl (C=O) groups is 1. The molecule has 5 nitrogen and oxygen atoms in total. The number of carbonyl (C=O) groups excluding carboxylic acids is 1. The molecule has 24 heavy (non-hydrogen) atoms. The quantitative estimate of drug-likeness (QED) is 0.799. The highest BCUT2D eigenvalue weighted by molar-refractivity contribution is 5.98. The average Bonchev–Trinajstić information content (AvgIpc) is 2.48. The van der Waals surface area contributed by atoms with Gasteiger partial charge < -0.3 is 20.3 Å². The first-order valence-electron chi connectivity index (χ1n) is 7.94. The van der Waals surface area contributed by atoms with Gasteiger partial charge in [0.1, 0.15) is 12.4 Å². The van der Waals surface area contributed by atoms with Crippen molar-refractivity contribution < 1.29 is 9.53 Å². The van der Waals surface area contributed by atoms with Crippen molar-refractivity contribution in [2.24, 2.45) is 0 Å². The van der Waals surface area contributed by atoms with Gasteiger partial charge in [-0.25, -0.2) is 0 Å². The van der Waals surface area contributed by atoms with Gasteiger partial charge in [-0.2, -0.15) is 0 Å². The number of anilines is 1. The van der Waals surface area contributed by atoms with Crippen molar-refractivity contribution >= 4 is 36.4 Å². The molecule has 1 aliphatic rings. The standard InChI is InChI=1S/C17H27N3O2.2ClH/c1-17(9-4-5-10-18-17)16(21)19-14-7-6-8-15(13-14)22-12-11-20(2)3;;/h6-8,13,18H,4-5,9-12H2,1-3H3,(H,19,21);2*1H. The molecule has 2 N–H and O–H groups in total. The lowest BCUT2D eigenvalue weighted by Crippen LogP contribution is -2.54. The molecule has 0 saturated carbocycles. The van der Waals surface area contributed by atoms with Crippen LogP contribution in [0.15, 0.2) is 24.3 Å². The van der Waals surface area contributed by atoms with E-state index in [1.54, 1.807) is 0 Å². The molecule has 1 heterocycles. The zero-order valence-corrected chi connectivity index (χ0v) is 16.3. The summed E-state index contributed by atoms with van der Waals surface area (Å²) in [6, 6.07) is 7.58. The van der Waals surface area contributed by atoms with Crippen molar-refractivity contribution in [3.05, 3.63) is 24.3 Å². The first-order valence-corrected chi connectivity index (χ1v) is 7.94. The number of benzene rings is 1. The van der Waals surface area contributed by atoms with E-state index >= 15 is 0 Å². The fraction of sp³-hybridized carbons (Fsp3) is 0.588. The molecule has 0 aliphatic carbocycles. The lowest BCUT2D eigenvalue weighted by molar-refractivity contribution is -0.122. The topological polar surface area (TPSA) is 53.6 Å². The van der Waals surface area contributed by atoms with E-state index in [4.69, 9.17) is 4.74 Å². The Bertz CT molecular complexity index is 506. The summed E-state index contributed by atoms with van der Waals surface area (Å²) in [5.74, 6) is 0.805. The molecule has 1 aromatic carbocycles. The van der Waals surface area contributed by atoms with E-state index in [0.717, 1.165) is 43.8 Å². The second kappa shape index (κ2) is 10.8. The summed E-state index contributed by atoms with van der Waals surface area (Å²) in [4.78, 5) is 14.6. The zero-order valence-electron chi connectivity index (χ0n) is 14.6. The third-order valence-corrected chi connectivity index (χ3v) is 4.02. The van der Waals surface area contributed by atoms with Crippen molar-refractivity contribution in [3.63, 3.8) is 0 Å². The fourth-order valence-corrected chi connectivity index (χ4v) is 2.53. The number of hydrogen-bond donors (Lipinski definition) is 2. The summed E-state index contributed by atoms with van der Waals surface area (Å²) in [5, 5.41) is 6.33. The van der Waals surface area contributed by atoms with Crippen molar-refractivity contribution in [2.45, 2.75) is 31.7 Å². The first-order chi connectivity index (χ1) is 10.5. The molecular formula is C17H29Cl2N3O2. The highest BCUT2D eigenvalue weighted by Gasteiger charge is 2.34. The van der Waals surface area contributed by atoms with Gasteiger partial charge in [0.05, 0.1) is 5.54 Å². The monoisotopic (exact) mass is 377 g/mol. The maximum atomic E-state index is 12.5. The summed E-state index contributed by atoms with van der Waals surface area (Å²) in [5.41, 5.74) is 0.306. The smallest absolute Gasteiger partial charge is 0.244 e. The number of nitrogens with zero attached hydrogens (tertiary/aromatic N) is 1. The van der Waals surface area contributed by atoms with E-state index in [1.807, 2.05) is 45.3 Å². The van der Waals surface area contributed by atoms with Gasteiger partial charge in [0.15, 0.2) is 0 Å². The number of likely N-dealkylation sites (N-methyl/N-ethyl adjacent to an activating group) is 1. The van der Waals surface area contributed by atoms with Crippen LogP contribution >= 0.6 is 24.8 Å². The largest absolute Gasteiger partial charge is 0.492 e. The van der Waals surface area contributed by atoms with Gasteiger partial charge in [-0.3, -0.25) is 4.79 Å². The molecule has 1 unspecified atom stereocenters. The Kier molecular flexibility index (Phi) is 10.3. The molecule has 0 bridgehead atoms. The predicted octanol–water partition coefficient (Wildman–Crippen LogP) is 2.94. The summed E-state index contributed by atoms with van der Waals surface area (Å²) < 4.78 is 5.70. The minimum absolute atomic E-state index is 0. The molecule has 0 radical (unpaired) electrons. The summed E-state index contributed by atoms with van der Waals surface area (Å²) in [7, 11) is 4.02. The third-order valence-electron chi connectivity index (χ3n) is 4.02. The third kappa shape index (κ3) is 6.85. The van der Waals surface area contributed by atoms with E-state index in [9.17, 15) is 4.79 Å². The fourth-order valence-electron chi connectivity index (χ4n) is 2.53. The van der Waals surface area contributed by atoms with Gasteiger partial charge in [-0.15, -0.1) is 24.8 Å². The van der Waals surface area contributed by atoms with Gasteiger partial charge in [0.25, 0.3) is 0 Å². The van der Waals surface area contributed by atoms with E-state index < -0.39 is 5.54 Å². The number of ether oxygens (including phenoxy) is 1. The Hall–Kier alpha value is -1.01. The Morgan fingerprint density at radius 2 is 2.08 bits per heavy atom. The van der Waals surface area contributed by atoms with Crippen molar-refractivity contribution in [1.29, 1.82) is 0 Å². The lowest BCUT2D eigenvalue weighted by Gasteiger charge is -2.33. The molecule has 1 saturated heterocycles. The number of halogens is 2. The Morgan fingerprint density at radius 1 is 1.33 bits per heavy atom. The molecule has 0 spiro atoms. The van der Waals surface area contributed by atoms with Crippen LogP contribution in [0.4, 0.5) is 5.69 Å². The van der Waals surface area contributed by atoms with Crippen LogP contribution in [0.3, 0.4) is 0 Å². The molecule has 1 atom stereocenters. The first kappa shape index (κ1) is 23.0. The molecule has 0 aromatic heterocycles. The van der Waals surface area contributed by atoms with E-state index in [1.165, 1.54) is 0 Å². The van der Waals surface area contributed by atoms with Crippen LogP contribution in [0.2, 0.25) is 0 Å². The van der Waals surface area contributed by atoms with Gasteiger partial charge in [-0.1, -0.05) is 6.07 Å². The molecule has 2 rings (SSSR count). The predicted molar refractivity (Wildman–Crippen MR) is 104 cm³/mol. The second-order valence-corrected chi connectivity index (χ2v) is 6.35. The highest BCUT2D eigenvalue weighted by Crippen LogP contribution is 2.22. The van der Waals surface area contributed by atoms with Gasteiger partial charge >= 0.3 is 0 Å². The molecule has 1 amide bonds. The van der Waals surface area contributed by atoms with Crippen molar-refractivity contribution in [2.75, 3.05) is 39.1 Å². The van der Waals surface area contributed by atoms with Gasteiger partial charge in [-0.05, 0) is 59.0 Å². The summed E-state index contributed by atoms with van der Waals surface area (Å²) in [6.45, 7) is 4.36. The normalized spacial score (nSPS) is 19.8. The molecule has 7 heteroatoms. The van der Waals surface area contributed by atoms with Gasteiger partial charge in [0, 0.05) is 18.3 Å². The average molecular weight is 378 g/mol. The Morgan fingerprint density at radius 3 is 2.71 bits per heavy atom. The summed E-state index contributed by atoms with van der Waals surface area (Å²) in [6.07, 6.45) is 3.10. The number of piperidine rings is 1. The molecule has 1 aliphatic heterocycles. The van der Waals surface area contributed by atoms with Crippen LogP contribution in [0.25, 0.3) is 0 Å². The maximum absolute atomic E-state index is 12.5. The number of rotatable bonds is 6. The van der Waals surface area contributed by atoms with Crippen LogP contribution in [0, 0.1) is 0 Å². The van der Waals surface area contributed by atoms with Crippen LogP contribution in [-0.2, 0) is 4.79 Å². The Balaban J connectivity index is 0.00000264. The van der Waals surface area contributed by atoms with E-state index in [2.05, 4.69) is 15.5 Å². The Labute approximate surface area is 157 Å². The van der Waals surface area contributed by atoms with E-state index in [-0.39, 0.29) is 30.7 Å². The molecule has 1 aromatic rings. The SMILES string of the molecule is CN(C)CCOc1cccc(NC(=O)C2(C)CCCCN2)c1.Cl.Cl. The highest BCUT2D eigenvalue weighted by atomic mass is 35.5. The van der Waals surface area contributed by atoms with Gasteiger partial charge in [0.2, 0.25) is 5.91 Å². The number of amides is 1. The maximum Gasteiger partial charge on any atom is 0.244 e. The molecule has 138 valence electrons. The zero-order chi connectivity index (χ0) is 16.0. The lowest BCUT2D eigenvalue weighted by atomic mass is 9.90. The van der Waals surface area contributed by atoms with Crippen molar-refractivity contribution in [3.8, 4) is 5.75 Å². The van der Waals surface area contributed by atoms with Crippen LogP contribution in [0.5, 0.6) is 5.75 Å². The molecular weight excluding hydrogens is 349 g/mol.